The normalized spacial score (nSPS) is 20.9. The van der Waals surface area contributed by atoms with Crippen LogP contribution in [0.5, 0.6) is 5.75 Å². The molecule has 0 unspecified atom stereocenters. The number of carbonyl (C=O) groups is 2. The van der Waals surface area contributed by atoms with Crippen LogP contribution in [-0.4, -0.2) is 29.6 Å². The van der Waals surface area contributed by atoms with Gasteiger partial charge in [0.25, 0.3) is 5.91 Å². The summed E-state index contributed by atoms with van der Waals surface area (Å²) in [6, 6.07) is 7.65. The fourth-order valence-corrected chi connectivity index (χ4v) is 2.72. The number of carboxylic acids is 1. The third-order valence-corrected chi connectivity index (χ3v) is 4.04. The summed E-state index contributed by atoms with van der Waals surface area (Å²) in [5.74, 6) is -0.238. The van der Waals surface area contributed by atoms with Crippen molar-refractivity contribution in [2.24, 2.45) is 5.92 Å². The fraction of sp³-hybridized carbons (Fsp3) is 0.529. The Morgan fingerprint density at radius 1 is 1.36 bits per heavy atom. The second-order valence-electron chi connectivity index (χ2n) is 6.13. The first-order valence-electron chi connectivity index (χ1n) is 7.70. The number of amides is 1. The molecule has 1 fully saturated rings. The highest BCUT2D eigenvalue weighted by atomic mass is 16.5. The highest BCUT2D eigenvalue weighted by Crippen LogP contribution is 2.25. The van der Waals surface area contributed by atoms with Crippen LogP contribution < -0.4 is 10.1 Å². The van der Waals surface area contributed by atoms with Gasteiger partial charge in [0.2, 0.25) is 0 Å². The Bertz CT molecular complexity index is 541. The summed E-state index contributed by atoms with van der Waals surface area (Å²) in [6.45, 7) is 4.16. The van der Waals surface area contributed by atoms with E-state index in [2.05, 4.69) is 19.2 Å². The molecule has 5 heteroatoms. The number of benzene rings is 1. The molecule has 2 N–H and O–H groups in total. The molecule has 2 atom stereocenters. The van der Waals surface area contributed by atoms with E-state index in [4.69, 9.17) is 9.84 Å². The van der Waals surface area contributed by atoms with Gasteiger partial charge in [-0.3, -0.25) is 9.59 Å². The zero-order chi connectivity index (χ0) is 16.1. The molecule has 1 saturated carbocycles. The lowest BCUT2D eigenvalue weighted by molar-refractivity contribution is -0.141. The van der Waals surface area contributed by atoms with Crippen LogP contribution in [0, 0.1) is 5.92 Å². The van der Waals surface area contributed by atoms with E-state index in [1.54, 1.807) is 0 Å². The molecule has 0 saturated heterocycles. The van der Waals surface area contributed by atoms with Gasteiger partial charge in [0.15, 0.2) is 6.61 Å². The van der Waals surface area contributed by atoms with Crippen molar-refractivity contribution in [3.8, 4) is 5.75 Å². The van der Waals surface area contributed by atoms with Crippen molar-refractivity contribution in [2.45, 2.75) is 45.1 Å². The van der Waals surface area contributed by atoms with Crippen molar-refractivity contribution >= 4 is 11.9 Å². The van der Waals surface area contributed by atoms with Crippen LogP contribution in [0.25, 0.3) is 0 Å². The smallest absolute Gasteiger partial charge is 0.306 e. The van der Waals surface area contributed by atoms with Crippen molar-refractivity contribution in [2.75, 3.05) is 6.61 Å². The molecule has 22 heavy (non-hydrogen) atoms. The summed E-state index contributed by atoms with van der Waals surface area (Å²) in [5, 5.41) is 11.8. The van der Waals surface area contributed by atoms with Crippen LogP contribution in [0.1, 0.15) is 44.6 Å². The van der Waals surface area contributed by atoms with Gasteiger partial charge >= 0.3 is 5.97 Å². The molecule has 1 aromatic carbocycles. The first kappa shape index (κ1) is 16.3. The van der Waals surface area contributed by atoms with E-state index in [0.717, 1.165) is 5.56 Å². The summed E-state index contributed by atoms with van der Waals surface area (Å²) in [5.41, 5.74) is 1.16. The van der Waals surface area contributed by atoms with Crippen molar-refractivity contribution in [3.05, 3.63) is 29.8 Å². The molecule has 0 spiro atoms. The summed E-state index contributed by atoms with van der Waals surface area (Å²) >= 11 is 0. The number of ether oxygens (including phenoxy) is 1. The number of hydrogen-bond donors (Lipinski definition) is 2. The third kappa shape index (κ3) is 4.48. The maximum atomic E-state index is 11.9. The largest absolute Gasteiger partial charge is 0.484 e. The Kier molecular flexibility index (Phi) is 5.41. The average Bonchev–Trinajstić information content (AvgIpc) is 2.94. The highest BCUT2D eigenvalue weighted by molar-refractivity contribution is 5.78. The molecule has 0 aromatic heterocycles. The fourth-order valence-electron chi connectivity index (χ4n) is 2.72. The Labute approximate surface area is 130 Å². The van der Waals surface area contributed by atoms with E-state index < -0.39 is 5.97 Å². The second kappa shape index (κ2) is 7.29. The van der Waals surface area contributed by atoms with Gasteiger partial charge in [-0.15, -0.1) is 0 Å². The number of nitrogens with one attached hydrogen (secondary N) is 1. The SMILES string of the molecule is CC(C)c1cccc(OCC(=O)N[C@@H]2CC[C@H](C(=O)O)C2)c1. The molecular weight excluding hydrogens is 282 g/mol. The van der Waals surface area contributed by atoms with Gasteiger partial charge in [-0.1, -0.05) is 26.0 Å². The van der Waals surface area contributed by atoms with Crippen LogP contribution in [0.15, 0.2) is 24.3 Å². The lowest BCUT2D eigenvalue weighted by Crippen LogP contribution is -2.36. The maximum absolute atomic E-state index is 11.9. The monoisotopic (exact) mass is 305 g/mol. The predicted molar refractivity (Wildman–Crippen MR) is 82.9 cm³/mol. The molecular formula is C17H23NO4. The van der Waals surface area contributed by atoms with Gasteiger partial charge in [-0.05, 0) is 42.9 Å². The number of aliphatic carboxylic acids is 1. The topological polar surface area (TPSA) is 75.6 Å². The van der Waals surface area contributed by atoms with Gasteiger partial charge in [0.1, 0.15) is 5.75 Å². The molecule has 1 amide bonds. The second-order valence-corrected chi connectivity index (χ2v) is 6.13. The molecule has 0 heterocycles. The molecule has 1 aliphatic carbocycles. The lowest BCUT2D eigenvalue weighted by atomic mass is 10.0. The number of carbonyl (C=O) groups excluding carboxylic acids is 1. The van der Waals surface area contributed by atoms with Crippen LogP contribution in [0.4, 0.5) is 0 Å². The summed E-state index contributed by atoms with van der Waals surface area (Å²) in [7, 11) is 0. The first-order valence-corrected chi connectivity index (χ1v) is 7.70. The van der Waals surface area contributed by atoms with Crippen LogP contribution >= 0.6 is 0 Å². The quantitative estimate of drug-likeness (QED) is 0.847. The van der Waals surface area contributed by atoms with Crippen molar-refractivity contribution < 1.29 is 19.4 Å². The molecule has 2 rings (SSSR count). The maximum Gasteiger partial charge on any atom is 0.306 e. The van der Waals surface area contributed by atoms with Crippen LogP contribution in [0.3, 0.4) is 0 Å². The molecule has 0 radical (unpaired) electrons. The molecule has 5 nitrogen and oxygen atoms in total. The van der Waals surface area contributed by atoms with Gasteiger partial charge < -0.3 is 15.2 Å². The van der Waals surface area contributed by atoms with Crippen molar-refractivity contribution in [1.82, 2.24) is 5.32 Å². The Morgan fingerprint density at radius 2 is 2.14 bits per heavy atom. The van der Waals surface area contributed by atoms with E-state index in [0.29, 0.717) is 30.9 Å². The zero-order valence-electron chi connectivity index (χ0n) is 13.0. The van der Waals surface area contributed by atoms with E-state index in [9.17, 15) is 9.59 Å². The Hall–Kier alpha value is -2.04. The Morgan fingerprint density at radius 3 is 2.77 bits per heavy atom. The standard InChI is InChI=1S/C17H23NO4/c1-11(2)12-4-3-5-15(9-12)22-10-16(19)18-14-7-6-13(8-14)17(20)21/h3-5,9,11,13-14H,6-8,10H2,1-2H3,(H,18,19)(H,20,21)/t13-,14+/m0/s1. The summed E-state index contributed by atoms with van der Waals surface area (Å²) in [4.78, 5) is 22.8. The zero-order valence-corrected chi connectivity index (χ0v) is 13.0. The third-order valence-electron chi connectivity index (χ3n) is 4.04. The number of hydrogen-bond acceptors (Lipinski definition) is 3. The number of rotatable bonds is 6. The minimum absolute atomic E-state index is 0.0458. The van der Waals surface area contributed by atoms with E-state index in [1.807, 2.05) is 24.3 Å². The molecule has 0 bridgehead atoms. The van der Waals surface area contributed by atoms with Gasteiger partial charge in [-0.2, -0.15) is 0 Å². The first-order chi connectivity index (χ1) is 10.5. The van der Waals surface area contributed by atoms with Gasteiger partial charge in [0, 0.05) is 6.04 Å². The summed E-state index contributed by atoms with van der Waals surface area (Å²) in [6.07, 6.45) is 1.84. The van der Waals surface area contributed by atoms with E-state index in [-0.39, 0.29) is 24.5 Å². The van der Waals surface area contributed by atoms with Crippen molar-refractivity contribution in [1.29, 1.82) is 0 Å². The van der Waals surface area contributed by atoms with Gasteiger partial charge in [-0.25, -0.2) is 0 Å². The highest BCUT2D eigenvalue weighted by Gasteiger charge is 2.30. The lowest BCUT2D eigenvalue weighted by Gasteiger charge is -2.14. The van der Waals surface area contributed by atoms with E-state index >= 15 is 0 Å². The van der Waals surface area contributed by atoms with E-state index in [1.165, 1.54) is 0 Å². The number of carboxylic acid groups (broad SMARTS) is 1. The minimum Gasteiger partial charge on any atom is -0.484 e. The molecule has 0 aliphatic heterocycles. The predicted octanol–water partition coefficient (Wildman–Crippen LogP) is 2.56. The molecule has 1 aromatic rings. The molecule has 120 valence electrons. The van der Waals surface area contributed by atoms with Crippen molar-refractivity contribution in [3.63, 3.8) is 0 Å². The van der Waals surface area contributed by atoms with Gasteiger partial charge in [0.05, 0.1) is 5.92 Å². The van der Waals surface area contributed by atoms with Crippen LogP contribution in [-0.2, 0) is 9.59 Å². The van der Waals surface area contributed by atoms with Crippen LogP contribution in [0.2, 0.25) is 0 Å². The summed E-state index contributed by atoms with van der Waals surface area (Å²) < 4.78 is 5.51. The minimum atomic E-state index is -0.779. The Balaban J connectivity index is 1.79. The molecule has 1 aliphatic rings. The average molecular weight is 305 g/mol.